The number of hydrogen-bond acceptors (Lipinski definition) is 8. The molecule has 0 saturated carbocycles. The molecule has 1 N–H and O–H groups in total. The molecule has 0 aliphatic carbocycles. The van der Waals surface area contributed by atoms with Crippen molar-refractivity contribution in [3.05, 3.63) is 35.9 Å². The Hall–Kier alpha value is -3.07. The Labute approximate surface area is 194 Å². The highest BCUT2D eigenvalue weighted by Crippen LogP contribution is 2.32. The quantitative estimate of drug-likeness (QED) is 0.712. The lowest BCUT2D eigenvalue weighted by molar-refractivity contribution is -0.125. The highest BCUT2D eigenvalue weighted by molar-refractivity contribution is 5.79. The summed E-state index contributed by atoms with van der Waals surface area (Å²) in [6.45, 7) is 9.82. The molecule has 3 aliphatic heterocycles. The Morgan fingerprint density at radius 3 is 2.27 bits per heavy atom. The molecule has 1 amide bonds. The van der Waals surface area contributed by atoms with Crippen LogP contribution < -0.4 is 24.6 Å². The van der Waals surface area contributed by atoms with Gasteiger partial charge in [0.2, 0.25) is 12.7 Å². The molecule has 2 saturated heterocycles. The van der Waals surface area contributed by atoms with Crippen LogP contribution in [0.5, 0.6) is 11.5 Å². The number of fused-ring (bicyclic) bond motifs is 1. The maximum Gasteiger partial charge on any atom is 0.231 e. The van der Waals surface area contributed by atoms with Gasteiger partial charge in [0.15, 0.2) is 23.1 Å². The zero-order valence-electron chi connectivity index (χ0n) is 19.2. The molecule has 0 atom stereocenters. The summed E-state index contributed by atoms with van der Waals surface area (Å²) >= 11 is 0. The van der Waals surface area contributed by atoms with E-state index in [1.54, 1.807) is 0 Å². The summed E-state index contributed by atoms with van der Waals surface area (Å²) in [5, 5.41) is 12.1. The lowest BCUT2D eigenvalue weighted by atomic mass is 9.96. The molecule has 0 radical (unpaired) electrons. The molecule has 5 rings (SSSR count). The first kappa shape index (κ1) is 21.8. The SMILES string of the molecule is CCN1CCN(c2ccc(N3CCC(C(=O)NCc4ccc5c(c4)OCO5)CC3)nn2)CC1. The van der Waals surface area contributed by atoms with Crippen molar-refractivity contribution < 1.29 is 14.3 Å². The van der Waals surface area contributed by atoms with Crippen molar-refractivity contribution in [1.29, 1.82) is 0 Å². The van der Waals surface area contributed by atoms with Gasteiger partial charge < -0.3 is 29.5 Å². The number of nitrogens with zero attached hydrogens (tertiary/aromatic N) is 5. The smallest absolute Gasteiger partial charge is 0.231 e. The van der Waals surface area contributed by atoms with Gasteiger partial charge in [-0.1, -0.05) is 13.0 Å². The summed E-state index contributed by atoms with van der Waals surface area (Å²) in [5.41, 5.74) is 1.01. The number of carbonyl (C=O) groups excluding carboxylic acids is 1. The van der Waals surface area contributed by atoms with Crippen LogP contribution in [0.15, 0.2) is 30.3 Å². The highest BCUT2D eigenvalue weighted by atomic mass is 16.7. The van der Waals surface area contributed by atoms with Crippen LogP contribution in [0.3, 0.4) is 0 Å². The van der Waals surface area contributed by atoms with Gasteiger partial charge in [0.25, 0.3) is 0 Å². The number of hydrogen-bond donors (Lipinski definition) is 1. The van der Waals surface area contributed by atoms with Gasteiger partial charge in [-0.05, 0) is 49.2 Å². The number of carbonyl (C=O) groups is 1. The number of piperazine rings is 1. The largest absolute Gasteiger partial charge is 0.454 e. The fourth-order valence-electron chi connectivity index (χ4n) is 4.70. The molecule has 9 heteroatoms. The zero-order chi connectivity index (χ0) is 22.6. The monoisotopic (exact) mass is 452 g/mol. The summed E-state index contributed by atoms with van der Waals surface area (Å²) in [5.74, 6) is 3.48. The van der Waals surface area contributed by atoms with E-state index in [9.17, 15) is 4.79 Å². The molecule has 2 aromatic rings. The molecular weight excluding hydrogens is 420 g/mol. The topological polar surface area (TPSA) is 83.1 Å². The Morgan fingerprint density at radius 2 is 1.61 bits per heavy atom. The molecule has 4 heterocycles. The summed E-state index contributed by atoms with van der Waals surface area (Å²) in [6, 6.07) is 9.92. The first-order valence-corrected chi connectivity index (χ1v) is 11.9. The van der Waals surface area contributed by atoms with Crippen molar-refractivity contribution in [2.24, 2.45) is 5.92 Å². The van der Waals surface area contributed by atoms with E-state index in [0.29, 0.717) is 6.54 Å². The van der Waals surface area contributed by atoms with Crippen LogP contribution in [0.1, 0.15) is 25.3 Å². The van der Waals surface area contributed by atoms with E-state index >= 15 is 0 Å². The molecule has 0 unspecified atom stereocenters. The molecule has 3 aliphatic rings. The fourth-order valence-corrected chi connectivity index (χ4v) is 4.70. The van der Waals surface area contributed by atoms with E-state index in [0.717, 1.165) is 87.4 Å². The van der Waals surface area contributed by atoms with Crippen molar-refractivity contribution >= 4 is 17.5 Å². The minimum Gasteiger partial charge on any atom is -0.454 e. The molecule has 176 valence electrons. The van der Waals surface area contributed by atoms with E-state index in [-0.39, 0.29) is 18.6 Å². The van der Waals surface area contributed by atoms with Gasteiger partial charge in [-0.2, -0.15) is 0 Å². The molecule has 33 heavy (non-hydrogen) atoms. The summed E-state index contributed by atoms with van der Waals surface area (Å²) in [4.78, 5) is 19.7. The number of piperidine rings is 1. The summed E-state index contributed by atoms with van der Waals surface area (Å²) in [7, 11) is 0. The Balaban J connectivity index is 1.08. The number of rotatable bonds is 6. The highest BCUT2D eigenvalue weighted by Gasteiger charge is 2.26. The van der Waals surface area contributed by atoms with Crippen LogP contribution >= 0.6 is 0 Å². The van der Waals surface area contributed by atoms with Gasteiger partial charge in [-0.15, -0.1) is 10.2 Å². The number of benzene rings is 1. The van der Waals surface area contributed by atoms with E-state index in [4.69, 9.17) is 9.47 Å². The summed E-state index contributed by atoms with van der Waals surface area (Å²) in [6.07, 6.45) is 1.63. The second-order valence-electron chi connectivity index (χ2n) is 8.84. The van der Waals surface area contributed by atoms with E-state index < -0.39 is 0 Å². The Bertz CT molecular complexity index is 953. The standard InChI is InChI=1S/C24H32N6O3/c1-2-28-11-13-30(14-12-28)23-6-5-22(26-27-23)29-9-7-19(8-10-29)24(31)25-16-18-3-4-20-21(15-18)33-17-32-20/h3-6,15,19H,2,7-14,16-17H2,1H3,(H,25,31). The summed E-state index contributed by atoms with van der Waals surface area (Å²) < 4.78 is 10.7. The molecule has 1 aromatic carbocycles. The van der Waals surface area contributed by atoms with Crippen molar-refractivity contribution in [1.82, 2.24) is 20.4 Å². The van der Waals surface area contributed by atoms with Crippen LogP contribution in [-0.4, -0.2) is 73.6 Å². The van der Waals surface area contributed by atoms with Crippen LogP contribution in [0.4, 0.5) is 11.6 Å². The normalized spacial score (nSPS) is 19.1. The molecule has 0 spiro atoms. The van der Waals surface area contributed by atoms with E-state index in [1.807, 2.05) is 18.2 Å². The predicted molar refractivity (Wildman–Crippen MR) is 126 cm³/mol. The Morgan fingerprint density at radius 1 is 0.939 bits per heavy atom. The third-order valence-electron chi connectivity index (χ3n) is 6.87. The van der Waals surface area contributed by atoms with Crippen LogP contribution in [-0.2, 0) is 11.3 Å². The number of anilines is 2. The zero-order valence-corrected chi connectivity index (χ0v) is 19.2. The van der Waals surface area contributed by atoms with Crippen molar-refractivity contribution in [2.45, 2.75) is 26.3 Å². The van der Waals surface area contributed by atoms with Gasteiger partial charge >= 0.3 is 0 Å². The first-order chi connectivity index (χ1) is 16.2. The number of nitrogens with one attached hydrogen (secondary N) is 1. The van der Waals surface area contributed by atoms with Crippen LogP contribution in [0, 0.1) is 5.92 Å². The van der Waals surface area contributed by atoms with Gasteiger partial charge in [0.1, 0.15) is 0 Å². The van der Waals surface area contributed by atoms with E-state index in [1.165, 1.54) is 0 Å². The minimum atomic E-state index is 0.0253. The predicted octanol–water partition coefficient (Wildman–Crippen LogP) is 1.88. The Kier molecular flexibility index (Phi) is 6.48. The van der Waals surface area contributed by atoms with Crippen LogP contribution in [0.2, 0.25) is 0 Å². The number of aromatic nitrogens is 2. The number of amides is 1. The fraction of sp³-hybridized carbons (Fsp3) is 0.542. The van der Waals surface area contributed by atoms with Gasteiger partial charge in [0.05, 0.1) is 0 Å². The van der Waals surface area contributed by atoms with Crippen LogP contribution in [0.25, 0.3) is 0 Å². The van der Waals surface area contributed by atoms with Gasteiger partial charge in [-0.25, -0.2) is 0 Å². The second kappa shape index (κ2) is 9.82. The van der Waals surface area contributed by atoms with Crippen molar-refractivity contribution in [3.63, 3.8) is 0 Å². The molecule has 1 aromatic heterocycles. The van der Waals surface area contributed by atoms with Gasteiger partial charge in [0, 0.05) is 51.7 Å². The van der Waals surface area contributed by atoms with E-state index in [2.05, 4.69) is 49.3 Å². The number of likely N-dealkylation sites (N-methyl/N-ethyl adjacent to an activating group) is 1. The lowest BCUT2D eigenvalue weighted by Crippen LogP contribution is -2.46. The maximum absolute atomic E-state index is 12.7. The lowest BCUT2D eigenvalue weighted by Gasteiger charge is -2.35. The molecule has 9 nitrogen and oxygen atoms in total. The maximum atomic E-state index is 12.7. The third kappa shape index (κ3) is 4.98. The third-order valence-corrected chi connectivity index (χ3v) is 6.87. The average molecular weight is 453 g/mol. The van der Waals surface area contributed by atoms with Gasteiger partial charge in [-0.3, -0.25) is 4.79 Å². The molecule has 2 fully saturated rings. The van der Waals surface area contributed by atoms with Crippen molar-refractivity contribution in [2.75, 3.05) is 62.4 Å². The first-order valence-electron chi connectivity index (χ1n) is 11.9. The second-order valence-corrected chi connectivity index (χ2v) is 8.84. The minimum absolute atomic E-state index is 0.0253. The average Bonchev–Trinajstić information content (AvgIpc) is 3.35. The number of ether oxygens (including phenoxy) is 2. The van der Waals surface area contributed by atoms with Crippen molar-refractivity contribution in [3.8, 4) is 11.5 Å². The molecule has 0 bridgehead atoms. The molecular formula is C24H32N6O3.